The van der Waals surface area contributed by atoms with E-state index in [-0.39, 0.29) is 22.1 Å². The van der Waals surface area contributed by atoms with Gasteiger partial charge in [-0.1, -0.05) is 30.3 Å². The van der Waals surface area contributed by atoms with E-state index >= 15 is 0 Å². The van der Waals surface area contributed by atoms with Gasteiger partial charge in [-0.3, -0.25) is 4.79 Å². The summed E-state index contributed by atoms with van der Waals surface area (Å²) in [4.78, 5) is 15.1. The van der Waals surface area contributed by atoms with Crippen molar-refractivity contribution in [3.05, 3.63) is 52.7 Å². The standard InChI is InChI=1S/C24H28N2O5/c1-29-23-21(30-14-6-5-11-26-12-9-25-10-13-26)16-19(28)22-18(27)15-20(31-24(22)23)17-7-3-2-4-8-17/h2-4,7-8,15-16,25,28H,5-6,9-14H2,1H3. The molecule has 0 unspecified atom stereocenters. The molecule has 4 rings (SSSR count). The van der Waals surface area contributed by atoms with Gasteiger partial charge in [0.1, 0.15) is 16.9 Å². The second-order valence-corrected chi connectivity index (χ2v) is 7.62. The Morgan fingerprint density at radius 2 is 1.90 bits per heavy atom. The van der Waals surface area contributed by atoms with Gasteiger partial charge in [0, 0.05) is 43.9 Å². The lowest BCUT2D eigenvalue weighted by molar-refractivity contribution is 0.224. The van der Waals surface area contributed by atoms with Gasteiger partial charge < -0.3 is 29.2 Å². The molecule has 2 N–H and O–H groups in total. The van der Waals surface area contributed by atoms with Crippen LogP contribution in [0.2, 0.25) is 0 Å². The molecule has 2 heterocycles. The number of phenols is 1. The van der Waals surface area contributed by atoms with Crippen molar-refractivity contribution in [1.29, 1.82) is 0 Å². The van der Waals surface area contributed by atoms with Crippen molar-refractivity contribution in [2.24, 2.45) is 0 Å². The summed E-state index contributed by atoms with van der Waals surface area (Å²) in [5.74, 6) is 0.900. The molecule has 0 radical (unpaired) electrons. The molecule has 3 aromatic rings. The summed E-state index contributed by atoms with van der Waals surface area (Å²) in [6.07, 6.45) is 1.90. The van der Waals surface area contributed by atoms with Crippen molar-refractivity contribution < 1.29 is 19.0 Å². The monoisotopic (exact) mass is 424 g/mol. The first-order valence-electron chi connectivity index (χ1n) is 10.7. The number of aromatic hydroxyl groups is 1. The number of nitrogens with one attached hydrogen (secondary N) is 1. The zero-order valence-electron chi connectivity index (χ0n) is 17.7. The molecule has 2 aromatic carbocycles. The fourth-order valence-electron chi connectivity index (χ4n) is 3.87. The van der Waals surface area contributed by atoms with E-state index in [9.17, 15) is 9.90 Å². The van der Waals surface area contributed by atoms with Gasteiger partial charge in [0.25, 0.3) is 0 Å². The summed E-state index contributed by atoms with van der Waals surface area (Å²) in [5.41, 5.74) is 0.616. The van der Waals surface area contributed by atoms with Gasteiger partial charge in [-0.2, -0.15) is 0 Å². The van der Waals surface area contributed by atoms with Crippen molar-refractivity contribution in [3.8, 4) is 28.6 Å². The molecule has 0 spiro atoms. The molecule has 1 saturated heterocycles. The molecular formula is C24H28N2O5. The van der Waals surface area contributed by atoms with Gasteiger partial charge >= 0.3 is 0 Å². The molecule has 0 aliphatic carbocycles. The lowest BCUT2D eigenvalue weighted by Gasteiger charge is -2.27. The predicted molar refractivity (Wildman–Crippen MR) is 120 cm³/mol. The lowest BCUT2D eigenvalue weighted by atomic mass is 10.1. The van der Waals surface area contributed by atoms with Crippen LogP contribution in [-0.4, -0.2) is 56.4 Å². The van der Waals surface area contributed by atoms with Crippen LogP contribution >= 0.6 is 0 Å². The number of piperazine rings is 1. The number of phenolic OH excluding ortho intramolecular Hbond substituents is 1. The molecule has 1 aliphatic rings. The Bertz CT molecular complexity index is 1070. The minimum atomic E-state index is -0.335. The largest absolute Gasteiger partial charge is 0.507 e. The van der Waals surface area contributed by atoms with E-state index in [2.05, 4.69) is 10.2 Å². The highest BCUT2D eigenvalue weighted by atomic mass is 16.5. The number of hydrogen-bond acceptors (Lipinski definition) is 7. The quantitative estimate of drug-likeness (QED) is 0.537. The van der Waals surface area contributed by atoms with Gasteiger partial charge in [0.05, 0.1) is 13.7 Å². The first-order valence-corrected chi connectivity index (χ1v) is 10.7. The Labute approximate surface area is 181 Å². The van der Waals surface area contributed by atoms with E-state index in [1.165, 1.54) is 19.2 Å². The van der Waals surface area contributed by atoms with Crippen LogP contribution in [0.5, 0.6) is 17.2 Å². The Hall–Kier alpha value is -3.03. The molecular weight excluding hydrogens is 396 g/mol. The van der Waals surface area contributed by atoms with Crippen molar-refractivity contribution in [1.82, 2.24) is 10.2 Å². The summed E-state index contributed by atoms with van der Waals surface area (Å²) in [5, 5.41) is 13.9. The molecule has 7 heteroatoms. The van der Waals surface area contributed by atoms with E-state index < -0.39 is 0 Å². The van der Waals surface area contributed by atoms with E-state index in [1.54, 1.807) is 0 Å². The number of methoxy groups -OCH3 is 1. The van der Waals surface area contributed by atoms with Crippen LogP contribution in [0.25, 0.3) is 22.3 Å². The molecule has 0 amide bonds. The molecule has 1 aromatic heterocycles. The number of fused-ring (bicyclic) bond motifs is 1. The van der Waals surface area contributed by atoms with Crippen LogP contribution in [0.4, 0.5) is 0 Å². The Morgan fingerprint density at radius 1 is 1.13 bits per heavy atom. The number of benzene rings is 2. The fourth-order valence-corrected chi connectivity index (χ4v) is 3.87. The summed E-state index contributed by atoms with van der Waals surface area (Å²) in [6, 6.07) is 12.2. The van der Waals surface area contributed by atoms with Crippen LogP contribution in [0, 0.1) is 0 Å². The third kappa shape index (κ3) is 4.84. The number of rotatable bonds is 8. The molecule has 0 atom stereocenters. The third-order valence-corrected chi connectivity index (χ3v) is 5.50. The average Bonchev–Trinajstić information content (AvgIpc) is 2.80. The highest BCUT2D eigenvalue weighted by molar-refractivity contribution is 5.91. The second kappa shape index (κ2) is 9.85. The summed E-state index contributed by atoms with van der Waals surface area (Å²) >= 11 is 0. The van der Waals surface area contributed by atoms with Crippen molar-refractivity contribution in [2.75, 3.05) is 46.4 Å². The second-order valence-electron chi connectivity index (χ2n) is 7.62. The van der Waals surface area contributed by atoms with Crippen molar-refractivity contribution in [2.45, 2.75) is 12.8 Å². The van der Waals surface area contributed by atoms with E-state index in [0.717, 1.165) is 51.1 Å². The van der Waals surface area contributed by atoms with E-state index in [0.29, 0.717) is 23.9 Å². The van der Waals surface area contributed by atoms with Gasteiger partial charge in [-0.05, 0) is 19.4 Å². The van der Waals surface area contributed by atoms with E-state index in [1.807, 2.05) is 30.3 Å². The summed E-state index contributed by atoms with van der Waals surface area (Å²) in [6.45, 7) is 5.77. The van der Waals surface area contributed by atoms with E-state index in [4.69, 9.17) is 13.9 Å². The average molecular weight is 424 g/mol. The predicted octanol–water partition coefficient (Wildman–Crippen LogP) is 3.24. The minimum absolute atomic E-state index is 0.0857. The van der Waals surface area contributed by atoms with Crippen LogP contribution < -0.4 is 20.2 Å². The van der Waals surface area contributed by atoms with Crippen molar-refractivity contribution >= 4 is 11.0 Å². The maximum atomic E-state index is 12.7. The first kappa shape index (κ1) is 21.2. The smallest absolute Gasteiger partial charge is 0.205 e. The van der Waals surface area contributed by atoms with Gasteiger partial charge in [-0.15, -0.1) is 0 Å². The third-order valence-electron chi connectivity index (χ3n) is 5.50. The van der Waals surface area contributed by atoms with Crippen LogP contribution in [0.15, 0.2) is 51.7 Å². The number of unbranched alkanes of at least 4 members (excludes halogenated alkanes) is 1. The highest BCUT2D eigenvalue weighted by Crippen LogP contribution is 2.41. The topological polar surface area (TPSA) is 84.2 Å². The number of hydrogen-bond donors (Lipinski definition) is 2. The molecule has 164 valence electrons. The fraction of sp³-hybridized carbons (Fsp3) is 0.375. The first-order chi connectivity index (χ1) is 15.2. The molecule has 7 nitrogen and oxygen atoms in total. The van der Waals surface area contributed by atoms with Gasteiger partial charge in [0.15, 0.2) is 16.8 Å². The van der Waals surface area contributed by atoms with Crippen LogP contribution in [0.3, 0.4) is 0 Å². The zero-order valence-corrected chi connectivity index (χ0v) is 17.7. The maximum absolute atomic E-state index is 12.7. The normalized spacial score (nSPS) is 14.6. The maximum Gasteiger partial charge on any atom is 0.205 e. The Morgan fingerprint density at radius 3 is 2.65 bits per heavy atom. The van der Waals surface area contributed by atoms with Gasteiger partial charge in [-0.25, -0.2) is 0 Å². The highest BCUT2D eigenvalue weighted by Gasteiger charge is 2.20. The number of ether oxygens (including phenoxy) is 2. The van der Waals surface area contributed by atoms with Crippen molar-refractivity contribution in [3.63, 3.8) is 0 Å². The Kier molecular flexibility index (Phi) is 6.74. The molecule has 0 bridgehead atoms. The van der Waals surface area contributed by atoms with Gasteiger partial charge in [0.2, 0.25) is 5.75 Å². The SMILES string of the molecule is COc1c(OCCCCN2CCNCC2)cc(O)c2c(=O)cc(-c3ccccc3)oc12. The molecule has 1 fully saturated rings. The lowest BCUT2D eigenvalue weighted by Crippen LogP contribution is -2.43. The van der Waals surface area contributed by atoms with Crippen LogP contribution in [-0.2, 0) is 0 Å². The minimum Gasteiger partial charge on any atom is -0.507 e. The molecule has 31 heavy (non-hydrogen) atoms. The molecule has 0 saturated carbocycles. The Balaban J connectivity index is 1.53. The zero-order chi connectivity index (χ0) is 21.6. The van der Waals surface area contributed by atoms with Crippen LogP contribution in [0.1, 0.15) is 12.8 Å². The number of nitrogens with zero attached hydrogens (tertiary/aromatic N) is 1. The summed E-state index contributed by atoms with van der Waals surface area (Å²) in [7, 11) is 1.50. The molecule has 1 aliphatic heterocycles. The summed E-state index contributed by atoms with van der Waals surface area (Å²) < 4.78 is 17.4.